The number of non-ortho nitro benzene ring substituents is 2. The lowest BCUT2D eigenvalue weighted by molar-refractivity contribution is -0.394. The molecule has 0 N–H and O–H groups in total. The summed E-state index contributed by atoms with van der Waals surface area (Å²) in [5, 5.41) is 32.2. The molecule has 0 aliphatic rings. The summed E-state index contributed by atoms with van der Waals surface area (Å²) < 4.78 is 0. The van der Waals surface area contributed by atoms with Crippen LogP contribution in [0.5, 0.6) is 0 Å². The summed E-state index contributed by atoms with van der Waals surface area (Å²) in [6, 6.07) is 5.57. The van der Waals surface area contributed by atoms with E-state index in [4.69, 9.17) is 11.6 Å². The minimum Gasteiger partial charge on any atom is -0.288 e. The standard InChI is InChI=1S/C13H6ClN3O7/c14-11-5-7(15(19)20)1-3-9(11)13(18)10-4-2-8(16(21)22)6-12(10)17(23)24/h1-6H. The molecule has 2 rings (SSSR count). The van der Waals surface area contributed by atoms with E-state index in [-0.39, 0.29) is 16.3 Å². The Hall–Kier alpha value is -3.40. The van der Waals surface area contributed by atoms with E-state index >= 15 is 0 Å². The predicted octanol–water partition coefficient (Wildman–Crippen LogP) is 3.30. The summed E-state index contributed by atoms with van der Waals surface area (Å²) >= 11 is 5.83. The Balaban J connectivity index is 2.56. The average molecular weight is 352 g/mol. The van der Waals surface area contributed by atoms with Gasteiger partial charge in [0.25, 0.3) is 17.1 Å². The highest BCUT2D eigenvalue weighted by atomic mass is 35.5. The van der Waals surface area contributed by atoms with Crippen molar-refractivity contribution in [2.24, 2.45) is 0 Å². The van der Waals surface area contributed by atoms with Crippen LogP contribution in [0.25, 0.3) is 0 Å². The van der Waals surface area contributed by atoms with Gasteiger partial charge in [0.1, 0.15) is 5.56 Å². The third-order valence-corrected chi connectivity index (χ3v) is 3.35. The van der Waals surface area contributed by atoms with E-state index < -0.39 is 37.5 Å². The molecular formula is C13H6ClN3O7. The van der Waals surface area contributed by atoms with Crippen molar-refractivity contribution in [3.05, 3.63) is 82.9 Å². The van der Waals surface area contributed by atoms with E-state index in [1.165, 1.54) is 0 Å². The molecule has 0 radical (unpaired) electrons. The second kappa shape index (κ2) is 6.38. The number of hydrogen-bond donors (Lipinski definition) is 0. The van der Waals surface area contributed by atoms with Crippen LogP contribution in [0.4, 0.5) is 17.1 Å². The van der Waals surface area contributed by atoms with Crippen LogP contribution in [0.2, 0.25) is 5.02 Å². The van der Waals surface area contributed by atoms with Gasteiger partial charge in [0.05, 0.1) is 25.9 Å². The molecule has 2 aromatic carbocycles. The monoisotopic (exact) mass is 351 g/mol. The maximum atomic E-state index is 12.4. The van der Waals surface area contributed by atoms with Gasteiger partial charge >= 0.3 is 0 Å². The molecule has 122 valence electrons. The maximum Gasteiger partial charge on any atom is 0.287 e. The van der Waals surface area contributed by atoms with Crippen molar-refractivity contribution in [2.45, 2.75) is 0 Å². The number of halogens is 1. The number of rotatable bonds is 5. The summed E-state index contributed by atoms with van der Waals surface area (Å²) in [7, 11) is 0. The number of hydrogen-bond acceptors (Lipinski definition) is 7. The van der Waals surface area contributed by atoms with Crippen LogP contribution in [0.15, 0.2) is 36.4 Å². The molecule has 0 aliphatic heterocycles. The summed E-state index contributed by atoms with van der Waals surface area (Å²) in [5.41, 5.74) is -2.27. The third kappa shape index (κ3) is 3.17. The van der Waals surface area contributed by atoms with Gasteiger partial charge in [-0.3, -0.25) is 35.1 Å². The maximum absolute atomic E-state index is 12.4. The number of nitro benzene ring substituents is 3. The van der Waals surface area contributed by atoms with Crippen LogP contribution in [0.3, 0.4) is 0 Å². The van der Waals surface area contributed by atoms with Crippen molar-refractivity contribution in [3.8, 4) is 0 Å². The molecule has 0 heterocycles. The largest absolute Gasteiger partial charge is 0.288 e. The highest BCUT2D eigenvalue weighted by Gasteiger charge is 2.26. The molecule has 0 saturated heterocycles. The lowest BCUT2D eigenvalue weighted by Gasteiger charge is -2.05. The smallest absolute Gasteiger partial charge is 0.287 e. The average Bonchev–Trinajstić information content (AvgIpc) is 2.53. The first-order valence-corrected chi connectivity index (χ1v) is 6.51. The first-order chi connectivity index (χ1) is 11.2. The normalized spacial score (nSPS) is 10.2. The molecule has 0 unspecified atom stereocenters. The Morgan fingerprint density at radius 3 is 1.75 bits per heavy atom. The van der Waals surface area contributed by atoms with Crippen molar-refractivity contribution in [1.82, 2.24) is 0 Å². The topological polar surface area (TPSA) is 146 Å². The molecule has 0 atom stereocenters. The second-order valence-electron chi connectivity index (χ2n) is 4.47. The zero-order valence-electron chi connectivity index (χ0n) is 11.5. The summed E-state index contributed by atoms with van der Waals surface area (Å²) in [5.74, 6) is -0.878. The fourth-order valence-electron chi connectivity index (χ4n) is 1.92. The third-order valence-electron chi connectivity index (χ3n) is 3.04. The Bertz CT molecular complexity index is 897. The Kier molecular flexibility index (Phi) is 4.51. The van der Waals surface area contributed by atoms with Gasteiger partial charge in [0.15, 0.2) is 0 Å². The van der Waals surface area contributed by atoms with Crippen molar-refractivity contribution in [2.75, 3.05) is 0 Å². The highest BCUT2D eigenvalue weighted by Crippen LogP contribution is 2.30. The molecule has 0 aromatic heterocycles. The molecule has 24 heavy (non-hydrogen) atoms. The first kappa shape index (κ1) is 17.0. The van der Waals surface area contributed by atoms with Crippen molar-refractivity contribution in [1.29, 1.82) is 0 Å². The molecule has 11 heteroatoms. The Morgan fingerprint density at radius 1 is 0.792 bits per heavy atom. The molecule has 0 spiro atoms. The minimum absolute atomic E-state index is 0.195. The van der Waals surface area contributed by atoms with Gasteiger partial charge in [-0.25, -0.2) is 0 Å². The number of nitrogens with zero attached hydrogens (tertiary/aromatic N) is 3. The van der Waals surface area contributed by atoms with E-state index in [1.54, 1.807) is 0 Å². The van der Waals surface area contributed by atoms with E-state index in [2.05, 4.69) is 0 Å². The fraction of sp³-hybridized carbons (Fsp3) is 0. The lowest BCUT2D eigenvalue weighted by Crippen LogP contribution is -2.07. The Labute approximate surface area is 137 Å². The van der Waals surface area contributed by atoms with Gasteiger partial charge in [-0.05, 0) is 12.1 Å². The number of nitro groups is 3. The molecule has 2 aromatic rings. The van der Waals surface area contributed by atoms with Gasteiger partial charge in [-0.15, -0.1) is 0 Å². The summed E-state index contributed by atoms with van der Waals surface area (Å²) in [4.78, 5) is 42.4. The van der Waals surface area contributed by atoms with Crippen molar-refractivity contribution in [3.63, 3.8) is 0 Å². The molecule has 10 nitrogen and oxygen atoms in total. The van der Waals surface area contributed by atoms with E-state index in [1.807, 2.05) is 0 Å². The highest BCUT2D eigenvalue weighted by molar-refractivity contribution is 6.35. The fourth-order valence-corrected chi connectivity index (χ4v) is 2.18. The molecule has 0 amide bonds. The molecule has 0 bridgehead atoms. The van der Waals surface area contributed by atoms with Gasteiger partial charge in [0.2, 0.25) is 5.78 Å². The van der Waals surface area contributed by atoms with Crippen LogP contribution in [0.1, 0.15) is 15.9 Å². The lowest BCUT2D eigenvalue weighted by atomic mass is 10.0. The predicted molar refractivity (Wildman–Crippen MR) is 81.3 cm³/mol. The summed E-state index contributed by atoms with van der Waals surface area (Å²) in [6.07, 6.45) is 0. The quantitative estimate of drug-likeness (QED) is 0.456. The summed E-state index contributed by atoms with van der Waals surface area (Å²) in [6.45, 7) is 0. The van der Waals surface area contributed by atoms with Gasteiger partial charge in [-0.1, -0.05) is 11.6 Å². The van der Waals surface area contributed by atoms with E-state index in [0.29, 0.717) is 6.07 Å². The molecular weight excluding hydrogens is 346 g/mol. The number of benzene rings is 2. The van der Waals surface area contributed by atoms with Crippen LogP contribution in [-0.2, 0) is 0 Å². The SMILES string of the molecule is O=C(c1ccc([N+](=O)[O-])cc1Cl)c1ccc([N+](=O)[O-])cc1[N+](=O)[O-]. The van der Waals surface area contributed by atoms with Crippen LogP contribution < -0.4 is 0 Å². The van der Waals surface area contributed by atoms with Crippen LogP contribution in [-0.4, -0.2) is 20.6 Å². The van der Waals surface area contributed by atoms with Gasteiger partial charge in [-0.2, -0.15) is 0 Å². The van der Waals surface area contributed by atoms with Crippen molar-refractivity contribution < 1.29 is 19.6 Å². The number of carbonyl (C=O) groups is 1. The number of carbonyl (C=O) groups excluding carboxylic acids is 1. The van der Waals surface area contributed by atoms with Crippen LogP contribution in [0, 0.1) is 30.3 Å². The first-order valence-electron chi connectivity index (χ1n) is 6.14. The minimum atomic E-state index is -0.931. The van der Waals surface area contributed by atoms with Crippen molar-refractivity contribution >= 4 is 34.4 Å². The Morgan fingerprint density at radius 2 is 1.29 bits per heavy atom. The molecule has 0 fully saturated rings. The second-order valence-corrected chi connectivity index (χ2v) is 4.87. The van der Waals surface area contributed by atoms with E-state index in [0.717, 1.165) is 30.3 Å². The van der Waals surface area contributed by atoms with E-state index in [9.17, 15) is 35.1 Å². The zero-order valence-corrected chi connectivity index (χ0v) is 12.3. The zero-order chi connectivity index (χ0) is 18.0. The van der Waals surface area contributed by atoms with Crippen LogP contribution >= 0.6 is 11.6 Å². The molecule has 0 aliphatic carbocycles. The molecule has 0 saturated carbocycles. The number of ketones is 1. The van der Waals surface area contributed by atoms with Gasteiger partial charge < -0.3 is 0 Å². The van der Waals surface area contributed by atoms with Gasteiger partial charge in [0, 0.05) is 23.8 Å².